The Morgan fingerprint density at radius 2 is 2.07 bits per heavy atom. The largest absolute Gasteiger partial charge is 0.337 e. The van der Waals surface area contributed by atoms with Crippen LogP contribution in [0.3, 0.4) is 0 Å². The van der Waals surface area contributed by atoms with Gasteiger partial charge in [0.25, 0.3) is 0 Å². The van der Waals surface area contributed by atoms with Crippen molar-refractivity contribution in [2.45, 2.75) is 39.2 Å². The number of likely N-dealkylation sites (tertiary alicyclic amines) is 1. The first-order valence-electron chi connectivity index (χ1n) is 9.71. The van der Waals surface area contributed by atoms with Crippen molar-refractivity contribution >= 4 is 11.7 Å². The molecule has 2 aromatic carbocycles. The van der Waals surface area contributed by atoms with Gasteiger partial charge in [0.15, 0.2) is 0 Å². The van der Waals surface area contributed by atoms with Gasteiger partial charge >= 0.3 is 6.03 Å². The molecule has 6 heteroatoms. The molecule has 1 N–H and O–H groups in total. The Morgan fingerprint density at radius 3 is 2.86 bits per heavy atom. The van der Waals surface area contributed by atoms with Gasteiger partial charge in [-0.15, -0.1) is 0 Å². The lowest BCUT2D eigenvalue weighted by atomic mass is 10.1. The second-order valence-electron chi connectivity index (χ2n) is 7.16. The summed E-state index contributed by atoms with van der Waals surface area (Å²) >= 11 is 0. The molecule has 4 rings (SSSR count). The van der Waals surface area contributed by atoms with Crippen molar-refractivity contribution in [3.05, 3.63) is 65.5 Å². The molecule has 3 aromatic rings. The Labute approximate surface area is 164 Å². The van der Waals surface area contributed by atoms with Crippen molar-refractivity contribution in [1.29, 1.82) is 0 Å². The summed E-state index contributed by atoms with van der Waals surface area (Å²) in [5.41, 5.74) is 4.08. The monoisotopic (exact) mass is 376 g/mol. The molecule has 28 heavy (non-hydrogen) atoms. The lowest BCUT2D eigenvalue weighted by molar-refractivity contribution is 0.193. The number of nitrogens with one attached hydrogen (secondary N) is 1. The molecule has 0 unspecified atom stereocenters. The molecule has 0 radical (unpaired) electrons. The number of benzene rings is 2. The molecule has 0 bridgehead atoms. The third-order valence-electron chi connectivity index (χ3n) is 5.14. The maximum Gasteiger partial charge on any atom is 0.322 e. The van der Waals surface area contributed by atoms with E-state index in [0.717, 1.165) is 30.5 Å². The average Bonchev–Trinajstić information content (AvgIpc) is 3.38. The van der Waals surface area contributed by atoms with E-state index in [1.54, 1.807) is 4.90 Å². The Morgan fingerprint density at radius 1 is 1.25 bits per heavy atom. The zero-order valence-electron chi connectivity index (χ0n) is 16.2. The van der Waals surface area contributed by atoms with Crippen LogP contribution in [0.2, 0.25) is 0 Å². The number of carbonyl (C=O) groups is 1. The molecule has 1 aliphatic rings. The standard InChI is InChI=1S/C22H24N4O2/c1-3-16-6-4-7-18(14-16)23-22(27)26-13-5-8-19(26)21-24-20(25-28-21)17-11-9-15(2)10-12-17/h4,6-7,9-12,14,19H,3,5,8,13H2,1-2H3,(H,23,27)/t19-/m0/s1. The molecule has 1 aromatic heterocycles. The Hall–Kier alpha value is -3.15. The number of anilines is 1. The number of nitrogens with zero attached hydrogens (tertiary/aromatic N) is 3. The predicted octanol–water partition coefficient (Wildman–Crippen LogP) is 4.98. The second kappa shape index (κ2) is 7.84. The van der Waals surface area contributed by atoms with E-state index in [2.05, 4.69) is 28.4 Å². The van der Waals surface area contributed by atoms with Gasteiger partial charge in [-0.25, -0.2) is 4.79 Å². The molecule has 2 heterocycles. The summed E-state index contributed by atoms with van der Waals surface area (Å²) in [7, 11) is 0. The average molecular weight is 376 g/mol. The normalized spacial score (nSPS) is 16.4. The highest BCUT2D eigenvalue weighted by Crippen LogP contribution is 2.32. The number of hydrogen-bond donors (Lipinski definition) is 1. The fraction of sp³-hybridized carbons (Fsp3) is 0.318. The van der Waals surface area contributed by atoms with E-state index in [-0.39, 0.29) is 12.1 Å². The van der Waals surface area contributed by atoms with E-state index in [9.17, 15) is 4.79 Å². The van der Waals surface area contributed by atoms with Crippen molar-refractivity contribution in [1.82, 2.24) is 15.0 Å². The number of rotatable bonds is 4. The second-order valence-corrected chi connectivity index (χ2v) is 7.16. The molecule has 0 spiro atoms. The van der Waals surface area contributed by atoms with Crippen LogP contribution in [-0.2, 0) is 6.42 Å². The van der Waals surface area contributed by atoms with Gasteiger partial charge in [0.1, 0.15) is 6.04 Å². The van der Waals surface area contributed by atoms with Gasteiger partial charge in [0, 0.05) is 17.8 Å². The zero-order valence-corrected chi connectivity index (χ0v) is 16.2. The topological polar surface area (TPSA) is 71.3 Å². The highest BCUT2D eigenvalue weighted by atomic mass is 16.5. The SMILES string of the molecule is CCc1cccc(NC(=O)N2CCC[C@H]2c2nc(-c3ccc(C)cc3)no2)c1. The van der Waals surface area contributed by atoms with Crippen LogP contribution >= 0.6 is 0 Å². The van der Waals surface area contributed by atoms with E-state index >= 15 is 0 Å². The van der Waals surface area contributed by atoms with E-state index in [0.29, 0.717) is 18.3 Å². The summed E-state index contributed by atoms with van der Waals surface area (Å²) in [5, 5.41) is 7.12. The van der Waals surface area contributed by atoms with E-state index in [1.807, 2.05) is 49.4 Å². The molecule has 6 nitrogen and oxygen atoms in total. The van der Waals surface area contributed by atoms with Crippen LogP contribution in [0.5, 0.6) is 0 Å². The Bertz CT molecular complexity index is 965. The van der Waals surface area contributed by atoms with Crippen LogP contribution in [-0.4, -0.2) is 27.6 Å². The molecule has 1 aliphatic heterocycles. The third-order valence-corrected chi connectivity index (χ3v) is 5.14. The maximum atomic E-state index is 12.8. The Balaban J connectivity index is 1.50. The third kappa shape index (κ3) is 3.76. The summed E-state index contributed by atoms with van der Waals surface area (Å²) in [6.45, 7) is 4.81. The van der Waals surface area contributed by atoms with Crippen LogP contribution in [0, 0.1) is 6.92 Å². The summed E-state index contributed by atoms with van der Waals surface area (Å²) in [6, 6.07) is 15.6. The number of carbonyl (C=O) groups excluding carboxylic acids is 1. The molecule has 0 saturated carbocycles. The van der Waals surface area contributed by atoms with Gasteiger partial charge in [-0.2, -0.15) is 4.98 Å². The minimum atomic E-state index is -0.193. The van der Waals surface area contributed by atoms with Gasteiger partial charge in [0.2, 0.25) is 11.7 Å². The highest BCUT2D eigenvalue weighted by Gasteiger charge is 2.34. The molecule has 144 valence electrons. The molecule has 1 atom stereocenters. The van der Waals surface area contributed by atoms with E-state index < -0.39 is 0 Å². The van der Waals surface area contributed by atoms with Gasteiger partial charge in [-0.05, 0) is 43.9 Å². The molecule has 1 fully saturated rings. The summed E-state index contributed by atoms with van der Waals surface area (Å²) in [5.74, 6) is 1.04. The molecule has 2 amide bonds. The maximum absolute atomic E-state index is 12.8. The van der Waals surface area contributed by atoms with Crippen molar-refractivity contribution in [2.24, 2.45) is 0 Å². The summed E-state index contributed by atoms with van der Waals surface area (Å²) in [6.07, 6.45) is 2.66. The summed E-state index contributed by atoms with van der Waals surface area (Å²) in [4.78, 5) is 19.2. The highest BCUT2D eigenvalue weighted by molar-refractivity contribution is 5.89. The lowest BCUT2D eigenvalue weighted by Gasteiger charge is -2.22. The fourth-order valence-electron chi connectivity index (χ4n) is 3.52. The van der Waals surface area contributed by atoms with Crippen LogP contribution < -0.4 is 5.32 Å². The van der Waals surface area contributed by atoms with Crippen LogP contribution in [0.1, 0.15) is 42.8 Å². The van der Waals surface area contributed by atoms with Crippen molar-refractivity contribution < 1.29 is 9.32 Å². The van der Waals surface area contributed by atoms with E-state index in [4.69, 9.17) is 4.52 Å². The number of hydrogen-bond acceptors (Lipinski definition) is 4. The van der Waals surface area contributed by atoms with Gasteiger partial charge in [-0.1, -0.05) is 54.0 Å². The van der Waals surface area contributed by atoms with Gasteiger partial charge in [-0.3, -0.25) is 0 Å². The first kappa shape index (κ1) is 18.2. The number of aromatic nitrogens is 2. The minimum absolute atomic E-state index is 0.133. The number of aryl methyl sites for hydroxylation is 2. The first-order chi connectivity index (χ1) is 13.6. The zero-order chi connectivity index (χ0) is 19.5. The van der Waals surface area contributed by atoms with Gasteiger partial charge in [0.05, 0.1) is 0 Å². The number of urea groups is 1. The number of amides is 2. The van der Waals surface area contributed by atoms with Crippen LogP contribution in [0.25, 0.3) is 11.4 Å². The van der Waals surface area contributed by atoms with Crippen molar-refractivity contribution in [3.63, 3.8) is 0 Å². The van der Waals surface area contributed by atoms with Gasteiger partial charge < -0.3 is 14.7 Å². The minimum Gasteiger partial charge on any atom is -0.337 e. The molecular weight excluding hydrogens is 352 g/mol. The molecular formula is C22H24N4O2. The Kier molecular flexibility index (Phi) is 5.10. The predicted molar refractivity (Wildman–Crippen MR) is 108 cm³/mol. The smallest absolute Gasteiger partial charge is 0.322 e. The lowest BCUT2D eigenvalue weighted by Crippen LogP contribution is -2.34. The van der Waals surface area contributed by atoms with Crippen LogP contribution in [0.4, 0.5) is 10.5 Å². The molecule has 0 aliphatic carbocycles. The quantitative estimate of drug-likeness (QED) is 0.697. The van der Waals surface area contributed by atoms with E-state index in [1.165, 1.54) is 11.1 Å². The molecule has 1 saturated heterocycles. The first-order valence-corrected chi connectivity index (χ1v) is 9.71. The van der Waals surface area contributed by atoms with Crippen molar-refractivity contribution in [2.75, 3.05) is 11.9 Å². The van der Waals surface area contributed by atoms with Crippen molar-refractivity contribution in [3.8, 4) is 11.4 Å². The summed E-state index contributed by atoms with van der Waals surface area (Å²) < 4.78 is 5.52. The fourth-order valence-corrected chi connectivity index (χ4v) is 3.52. The van der Waals surface area contributed by atoms with Crippen LogP contribution in [0.15, 0.2) is 53.1 Å².